The van der Waals surface area contributed by atoms with E-state index in [2.05, 4.69) is 0 Å². The van der Waals surface area contributed by atoms with Gasteiger partial charge in [-0.15, -0.1) is 0 Å². The summed E-state index contributed by atoms with van der Waals surface area (Å²) in [6, 6.07) is 3.31. The van der Waals surface area contributed by atoms with Crippen molar-refractivity contribution in [1.29, 1.82) is 0 Å². The van der Waals surface area contributed by atoms with Crippen LogP contribution >= 0.6 is 0 Å². The molecule has 2 nitrogen and oxygen atoms in total. The minimum absolute atomic E-state index is 0.187. The summed E-state index contributed by atoms with van der Waals surface area (Å²) in [6.45, 7) is 1.96. The molecule has 1 aromatic rings. The van der Waals surface area contributed by atoms with Gasteiger partial charge in [0, 0.05) is 5.56 Å². The second kappa shape index (κ2) is 3.49. The molecule has 0 bridgehead atoms. The van der Waals surface area contributed by atoms with Crippen molar-refractivity contribution in [2.45, 2.75) is 31.8 Å². The highest BCUT2D eigenvalue weighted by Crippen LogP contribution is 2.49. The molecule has 1 fully saturated rings. The SMILES string of the molecule is CCc1cc(F)c(OC)c(C2(O)CC2)c1. The van der Waals surface area contributed by atoms with Crippen LogP contribution in [0.3, 0.4) is 0 Å². The first-order chi connectivity index (χ1) is 7.10. The quantitative estimate of drug-likeness (QED) is 0.830. The van der Waals surface area contributed by atoms with Crippen molar-refractivity contribution in [3.05, 3.63) is 29.1 Å². The summed E-state index contributed by atoms with van der Waals surface area (Å²) in [6.07, 6.45) is 2.13. The van der Waals surface area contributed by atoms with E-state index in [0.717, 1.165) is 12.0 Å². The molecule has 0 amide bonds. The second-order valence-corrected chi connectivity index (χ2v) is 4.04. The Balaban J connectivity index is 2.53. The van der Waals surface area contributed by atoms with Crippen molar-refractivity contribution in [3.63, 3.8) is 0 Å². The Morgan fingerprint density at radius 2 is 2.13 bits per heavy atom. The topological polar surface area (TPSA) is 29.5 Å². The number of ether oxygens (including phenoxy) is 1. The highest BCUT2D eigenvalue weighted by atomic mass is 19.1. The summed E-state index contributed by atoms with van der Waals surface area (Å²) in [7, 11) is 1.43. The molecule has 0 aliphatic heterocycles. The van der Waals surface area contributed by atoms with Gasteiger partial charge in [0.1, 0.15) is 0 Å². The first-order valence-electron chi connectivity index (χ1n) is 5.20. The summed E-state index contributed by atoms with van der Waals surface area (Å²) in [5.74, 6) is -0.195. The Morgan fingerprint density at radius 3 is 2.60 bits per heavy atom. The number of benzene rings is 1. The molecule has 0 spiro atoms. The zero-order valence-electron chi connectivity index (χ0n) is 9.01. The number of hydrogen-bond acceptors (Lipinski definition) is 2. The lowest BCUT2D eigenvalue weighted by Crippen LogP contribution is -2.09. The van der Waals surface area contributed by atoms with E-state index in [1.807, 2.05) is 13.0 Å². The first-order valence-corrected chi connectivity index (χ1v) is 5.20. The highest BCUT2D eigenvalue weighted by molar-refractivity contribution is 5.44. The number of halogens is 1. The van der Waals surface area contributed by atoms with Crippen LogP contribution < -0.4 is 4.74 Å². The zero-order chi connectivity index (χ0) is 11.1. The van der Waals surface area contributed by atoms with Crippen molar-refractivity contribution in [1.82, 2.24) is 0 Å². The van der Waals surface area contributed by atoms with Crippen LogP contribution in [0.2, 0.25) is 0 Å². The normalized spacial score (nSPS) is 17.6. The van der Waals surface area contributed by atoms with Crippen LogP contribution in [-0.2, 0) is 12.0 Å². The van der Waals surface area contributed by atoms with Gasteiger partial charge in [-0.2, -0.15) is 0 Å². The molecule has 0 saturated heterocycles. The van der Waals surface area contributed by atoms with E-state index in [9.17, 15) is 9.50 Å². The van der Waals surface area contributed by atoms with Crippen LogP contribution in [0.15, 0.2) is 12.1 Å². The summed E-state index contributed by atoms with van der Waals surface area (Å²) >= 11 is 0. The van der Waals surface area contributed by atoms with E-state index in [4.69, 9.17) is 4.74 Å². The van der Waals surface area contributed by atoms with Gasteiger partial charge >= 0.3 is 0 Å². The predicted molar refractivity (Wildman–Crippen MR) is 55.5 cm³/mol. The fourth-order valence-corrected chi connectivity index (χ4v) is 1.79. The fraction of sp³-hybridized carbons (Fsp3) is 0.500. The molecule has 0 atom stereocenters. The van der Waals surface area contributed by atoms with E-state index in [-0.39, 0.29) is 11.6 Å². The third-order valence-corrected chi connectivity index (χ3v) is 2.94. The third kappa shape index (κ3) is 1.72. The molecule has 1 saturated carbocycles. The lowest BCUT2D eigenvalue weighted by Gasteiger charge is -2.15. The fourth-order valence-electron chi connectivity index (χ4n) is 1.79. The minimum Gasteiger partial charge on any atom is -0.493 e. The van der Waals surface area contributed by atoms with Crippen molar-refractivity contribution in [3.8, 4) is 5.75 Å². The molecule has 1 aliphatic rings. The van der Waals surface area contributed by atoms with Gasteiger partial charge in [-0.05, 0) is 37.0 Å². The van der Waals surface area contributed by atoms with Gasteiger partial charge in [0.2, 0.25) is 0 Å². The molecule has 2 rings (SSSR count). The van der Waals surface area contributed by atoms with Gasteiger partial charge < -0.3 is 9.84 Å². The second-order valence-electron chi connectivity index (χ2n) is 4.04. The van der Waals surface area contributed by atoms with Gasteiger partial charge in [-0.3, -0.25) is 0 Å². The highest BCUT2D eigenvalue weighted by Gasteiger charge is 2.45. The van der Waals surface area contributed by atoms with Crippen molar-refractivity contribution >= 4 is 0 Å². The minimum atomic E-state index is -0.850. The monoisotopic (exact) mass is 210 g/mol. The smallest absolute Gasteiger partial charge is 0.165 e. The zero-order valence-corrected chi connectivity index (χ0v) is 9.01. The lowest BCUT2D eigenvalue weighted by atomic mass is 10.0. The van der Waals surface area contributed by atoms with Crippen molar-refractivity contribution in [2.75, 3.05) is 7.11 Å². The molecule has 3 heteroatoms. The molecule has 0 unspecified atom stereocenters. The third-order valence-electron chi connectivity index (χ3n) is 2.94. The van der Waals surface area contributed by atoms with Gasteiger partial charge in [-0.1, -0.05) is 6.92 Å². The average Bonchev–Trinajstić information content (AvgIpc) is 2.96. The number of aryl methyl sites for hydroxylation is 1. The van der Waals surface area contributed by atoms with Gasteiger partial charge in [0.15, 0.2) is 11.6 Å². The van der Waals surface area contributed by atoms with E-state index in [1.54, 1.807) is 0 Å². The first kappa shape index (κ1) is 10.4. The summed E-state index contributed by atoms with van der Waals surface area (Å²) < 4.78 is 18.6. The van der Waals surface area contributed by atoms with Crippen LogP contribution in [0.4, 0.5) is 4.39 Å². The Bertz CT molecular complexity index is 383. The Labute approximate surface area is 88.7 Å². The van der Waals surface area contributed by atoms with Crippen LogP contribution in [-0.4, -0.2) is 12.2 Å². The summed E-state index contributed by atoms with van der Waals surface area (Å²) in [5, 5.41) is 10.0. The standard InChI is InChI=1S/C12H15FO2/c1-3-8-6-9(12(14)4-5-12)11(15-2)10(13)7-8/h6-7,14H,3-5H2,1-2H3. The molecular weight excluding hydrogens is 195 g/mol. The maximum absolute atomic E-state index is 13.6. The summed E-state index contributed by atoms with van der Waals surface area (Å²) in [5.41, 5.74) is 0.641. The van der Waals surface area contributed by atoms with Gasteiger partial charge in [-0.25, -0.2) is 4.39 Å². The van der Waals surface area contributed by atoms with Crippen LogP contribution in [0.1, 0.15) is 30.9 Å². The molecular formula is C12H15FO2. The molecule has 0 aromatic heterocycles. The molecule has 1 aliphatic carbocycles. The van der Waals surface area contributed by atoms with Gasteiger partial charge in [0.25, 0.3) is 0 Å². The van der Waals surface area contributed by atoms with E-state index < -0.39 is 5.60 Å². The Kier molecular flexibility index (Phi) is 2.43. The molecule has 1 aromatic carbocycles. The molecule has 0 heterocycles. The maximum Gasteiger partial charge on any atom is 0.165 e. The molecule has 0 radical (unpaired) electrons. The largest absolute Gasteiger partial charge is 0.493 e. The van der Waals surface area contributed by atoms with E-state index in [0.29, 0.717) is 18.4 Å². The predicted octanol–water partition coefficient (Wildman–Crippen LogP) is 2.38. The van der Waals surface area contributed by atoms with Crippen LogP contribution in [0.25, 0.3) is 0 Å². The van der Waals surface area contributed by atoms with E-state index in [1.165, 1.54) is 13.2 Å². The average molecular weight is 210 g/mol. The number of aliphatic hydroxyl groups is 1. The maximum atomic E-state index is 13.6. The van der Waals surface area contributed by atoms with Crippen LogP contribution in [0, 0.1) is 5.82 Å². The Morgan fingerprint density at radius 1 is 1.47 bits per heavy atom. The summed E-state index contributed by atoms with van der Waals surface area (Å²) in [4.78, 5) is 0. The molecule has 1 N–H and O–H groups in total. The lowest BCUT2D eigenvalue weighted by molar-refractivity contribution is 0.146. The van der Waals surface area contributed by atoms with Crippen LogP contribution in [0.5, 0.6) is 5.75 Å². The number of methoxy groups -OCH3 is 1. The number of hydrogen-bond donors (Lipinski definition) is 1. The van der Waals surface area contributed by atoms with E-state index >= 15 is 0 Å². The van der Waals surface area contributed by atoms with Gasteiger partial charge in [0.05, 0.1) is 12.7 Å². The molecule has 82 valence electrons. The van der Waals surface area contributed by atoms with Crippen molar-refractivity contribution in [2.24, 2.45) is 0 Å². The molecule has 15 heavy (non-hydrogen) atoms. The van der Waals surface area contributed by atoms with Crippen molar-refractivity contribution < 1.29 is 14.2 Å². The number of rotatable bonds is 3. The Hall–Kier alpha value is -1.09.